The van der Waals surface area contributed by atoms with Gasteiger partial charge in [-0.15, -0.1) is 0 Å². The van der Waals surface area contributed by atoms with Gasteiger partial charge in [0.05, 0.1) is 24.9 Å². The molecule has 3 atom stereocenters. The molecule has 0 aromatic rings. The van der Waals surface area contributed by atoms with Gasteiger partial charge in [0, 0.05) is 33.2 Å². The largest absolute Gasteiger partial charge is 0.373 e. The van der Waals surface area contributed by atoms with Gasteiger partial charge in [-0.25, -0.2) is 0 Å². The van der Waals surface area contributed by atoms with Crippen LogP contribution < -0.4 is 16.0 Å². The van der Waals surface area contributed by atoms with Crippen molar-refractivity contribution in [2.75, 3.05) is 6.61 Å². The van der Waals surface area contributed by atoms with Crippen molar-refractivity contribution in [1.82, 2.24) is 16.0 Å². The fraction of sp³-hybridized carbons (Fsp3) is 1.00. The summed E-state index contributed by atoms with van der Waals surface area (Å²) in [6.45, 7) is 28.1. The van der Waals surface area contributed by atoms with Crippen LogP contribution in [0.5, 0.6) is 0 Å². The van der Waals surface area contributed by atoms with Crippen LogP contribution >= 0.6 is 0 Å². The molecule has 0 amide bonds. The Hall–Kier alpha value is -0.240. The molecule has 3 unspecified atom stereocenters. The number of ether oxygens (including phenoxy) is 3. The smallest absolute Gasteiger partial charge is 0.181 e. The Morgan fingerprint density at radius 2 is 0.816 bits per heavy atom. The second-order valence-corrected chi connectivity index (χ2v) is 16.8. The zero-order chi connectivity index (χ0) is 28.6. The van der Waals surface area contributed by atoms with Crippen molar-refractivity contribution in [3.63, 3.8) is 0 Å². The van der Waals surface area contributed by atoms with Gasteiger partial charge in [-0.3, -0.25) is 0 Å². The lowest BCUT2D eigenvalue weighted by Gasteiger charge is -2.36. The van der Waals surface area contributed by atoms with Gasteiger partial charge in [0.15, 0.2) is 6.29 Å². The molecule has 3 aliphatic heterocycles. The van der Waals surface area contributed by atoms with E-state index in [1.807, 2.05) is 0 Å². The molecule has 3 saturated heterocycles. The monoisotopic (exact) mass is 537 g/mol. The van der Waals surface area contributed by atoms with Crippen molar-refractivity contribution in [2.45, 2.75) is 199 Å². The molecule has 0 bridgehead atoms. The van der Waals surface area contributed by atoms with E-state index in [1.165, 1.54) is 0 Å². The first-order chi connectivity index (χ1) is 17.1. The van der Waals surface area contributed by atoms with Crippen LogP contribution in [0.25, 0.3) is 0 Å². The van der Waals surface area contributed by atoms with E-state index in [-0.39, 0.29) is 57.8 Å². The van der Waals surface area contributed by atoms with Crippen molar-refractivity contribution in [1.29, 1.82) is 0 Å². The molecule has 0 radical (unpaired) electrons. The number of hydrogen-bond donors (Lipinski definition) is 3. The second-order valence-electron chi connectivity index (χ2n) is 16.8. The van der Waals surface area contributed by atoms with Crippen molar-refractivity contribution in [2.24, 2.45) is 0 Å². The lowest BCUT2D eigenvalue weighted by Crippen LogP contribution is -2.51. The quantitative estimate of drug-likeness (QED) is 0.324. The van der Waals surface area contributed by atoms with Crippen molar-refractivity contribution >= 4 is 0 Å². The van der Waals surface area contributed by atoms with Crippen molar-refractivity contribution in [3.05, 3.63) is 0 Å². The van der Waals surface area contributed by atoms with Crippen LogP contribution in [0.1, 0.15) is 141 Å². The van der Waals surface area contributed by atoms with Gasteiger partial charge in [0.2, 0.25) is 0 Å². The Labute approximate surface area is 235 Å². The molecule has 38 heavy (non-hydrogen) atoms. The molecule has 3 heterocycles. The standard InChI is InChI=1S/C32H63N3O3/c1-27(2)16-13-23(19-30(7,8)33-27)36-22-26(37-24-14-17-28(3,4)34-31(9,10)20-24)38-25-15-18-29(5,6)35-32(11,12)21-25/h23-26,33-35H,13-22H2,1-12H3. The van der Waals surface area contributed by atoms with Crippen LogP contribution in [0.2, 0.25) is 0 Å². The molecule has 0 aliphatic carbocycles. The van der Waals surface area contributed by atoms with E-state index in [1.54, 1.807) is 0 Å². The van der Waals surface area contributed by atoms with Gasteiger partial charge in [0.25, 0.3) is 0 Å². The maximum atomic E-state index is 6.86. The van der Waals surface area contributed by atoms with Crippen LogP contribution in [-0.2, 0) is 14.2 Å². The molecule has 3 fully saturated rings. The fourth-order valence-corrected chi connectivity index (χ4v) is 7.80. The average molecular weight is 538 g/mol. The van der Waals surface area contributed by atoms with E-state index >= 15 is 0 Å². The summed E-state index contributed by atoms with van der Waals surface area (Å²) in [5, 5.41) is 11.5. The minimum Gasteiger partial charge on any atom is -0.373 e. The highest BCUT2D eigenvalue weighted by molar-refractivity contribution is 4.97. The SMILES string of the molecule is CC1(C)CCC(OCC(OC2CCC(C)(C)NC(C)(C)C2)OC2CCC(C)(C)NC(C)(C)C2)CC(C)(C)N1. The maximum Gasteiger partial charge on any atom is 0.181 e. The molecule has 224 valence electrons. The first-order valence-corrected chi connectivity index (χ1v) is 15.4. The summed E-state index contributed by atoms with van der Waals surface area (Å²) >= 11 is 0. The molecule has 6 nitrogen and oxygen atoms in total. The second kappa shape index (κ2) is 11.6. The van der Waals surface area contributed by atoms with Crippen LogP contribution in [0.15, 0.2) is 0 Å². The number of nitrogens with one attached hydrogen (secondary N) is 3. The molecule has 0 saturated carbocycles. The van der Waals surface area contributed by atoms with Crippen molar-refractivity contribution < 1.29 is 14.2 Å². The van der Waals surface area contributed by atoms with Crippen molar-refractivity contribution in [3.8, 4) is 0 Å². The molecule has 3 rings (SSSR count). The Bertz CT molecular complexity index is 732. The van der Waals surface area contributed by atoms with E-state index < -0.39 is 0 Å². The number of rotatable bonds is 7. The Morgan fingerprint density at radius 3 is 1.18 bits per heavy atom. The third kappa shape index (κ3) is 10.6. The van der Waals surface area contributed by atoms with Gasteiger partial charge < -0.3 is 30.2 Å². The zero-order valence-electron chi connectivity index (χ0n) is 27.1. The Kier molecular flexibility index (Phi) is 9.82. The summed E-state index contributed by atoms with van der Waals surface area (Å²) < 4.78 is 20.4. The molecule has 0 aromatic heterocycles. The van der Waals surface area contributed by atoms with Gasteiger partial charge >= 0.3 is 0 Å². The lowest BCUT2D eigenvalue weighted by atomic mass is 9.96. The number of hydrogen-bond acceptors (Lipinski definition) is 6. The summed E-state index contributed by atoms with van der Waals surface area (Å²) in [6.07, 6.45) is 9.45. The molecule has 3 N–H and O–H groups in total. The van der Waals surface area contributed by atoms with Gasteiger partial charge in [-0.2, -0.15) is 0 Å². The summed E-state index contributed by atoms with van der Waals surface area (Å²) in [5.74, 6) is 0. The minimum atomic E-state index is -0.355. The molecular formula is C32H63N3O3. The predicted molar refractivity (Wildman–Crippen MR) is 159 cm³/mol. The van der Waals surface area contributed by atoms with Gasteiger partial charge in [-0.05, 0) is 141 Å². The highest BCUT2D eigenvalue weighted by Crippen LogP contribution is 2.33. The molecule has 0 aromatic carbocycles. The topological polar surface area (TPSA) is 63.8 Å². The lowest BCUT2D eigenvalue weighted by molar-refractivity contribution is -0.228. The molecule has 6 heteroatoms. The van der Waals surface area contributed by atoms with E-state index in [4.69, 9.17) is 14.2 Å². The van der Waals surface area contributed by atoms with Crippen LogP contribution in [0.4, 0.5) is 0 Å². The summed E-state index contributed by atoms with van der Waals surface area (Å²) in [4.78, 5) is 0. The summed E-state index contributed by atoms with van der Waals surface area (Å²) in [6, 6.07) is 0. The van der Waals surface area contributed by atoms with E-state index in [0.717, 1.165) is 57.8 Å². The van der Waals surface area contributed by atoms with Gasteiger partial charge in [-0.1, -0.05) is 0 Å². The fourth-order valence-electron chi connectivity index (χ4n) is 7.80. The van der Waals surface area contributed by atoms with E-state index in [9.17, 15) is 0 Å². The third-order valence-electron chi connectivity index (χ3n) is 8.67. The van der Waals surface area contributed by atoms with E-state index in [2.05, 4.69) is 99.0 Å². The summed E-state index contributed by atoms with van der Waals surface area (Å²) in [7, 11) is 0. The predicted octanol–water partition coefficient (Wildman–Crippen LogP) is 6.46. The first-order valence-electron chi connectivity index (χ1n) is 15.4. The first kappa shape index (κ1) is 32.3. The van der Waals surface area contributed by atoms with Crippen LogP contribution in [-0.4, -0.2) is 64.4 Å². The Balaban J connectivity index is 1.73. The normalized spacial score (nSPS) is 34.9. The van der Waals surface area contributed by atoms with Gasteiger partial charge in [0.1, 0.15) is 0 Å². The average Bonchev–Trinajstić information content (AvgIpc) is 2.92. The molecular weight excluding hydrogens is 474 g/mol. The zero-order valence-corrected chi connectivity index (χ0v) is 27.1. The maximum absolute atomic E-state index is 6.86. The van der Waals surface area contributed by atoms with Crippen LogP contribution in [0, 0.1) is 0 Å². The highest BCUT2D eigenvalue weighted by atomic mass is 16.7. The minimum absolute atomic E-state index is 0.0108. The third-order valence-corrected chi connectivity index (χ3v) is 8.67. The molecule has 0 spiro atoms. The highest BCUT2D eigenvalue weighted by Gasteiger charge is 2.39. The summed E-state index contributed by atoms with van der Waals surface area (Å²) in [5.41, 5.74) is 0.373. The van der Waals surface area contributed by atoms with E-state index in [0.29, 0.717) is 6.61 Å². The van der Waals surface area contributed by atoms with Crippen LogP contribution in [0.3, 0.4) is 0 Å². The molecule has 3 aliphatic rings. The Morgan fingerprint density at radius 1 is 0.500 bits per heavy atom.